The molecule has 0 radical (unpaired) electrons. The van der Waals surface area contributed by atoms with Crippen LogP contribution in [-0.2, 0) is 25.7 Å². The molecule has 0 aliphatic carbocycles. The SMILES string of the molecule is COC(=O)Cn1c(=NC(=O)CSCC(=O)Nc2cc(C)on2)sc2cc(Br)ccc21. The van der Waals surface area contributed by atoms with Gasteiger partial charge in [0.25, 0.3) is 5.91 Å². The smallest absolute Gasteiger partial charge is 0.325 e. The molecule has 3 aromatic rings. The van der Waals surface area contributed by atoms with E-state index in [1.165, 1.54) is 18.4 Å². The highest BCUT2D eigenvalue weighted by atomic mass is 79.9. The Labute approximate surface area is 187 Å². The Kier molecular flexibility index (Phi) is 7.45. The molecule has 0 aliphatic heterocycles. The number of hydrogen-bond acceptors (Lipinski definition) is 8. The number of nitrogens with zero attached hydrogens (tertiary/aromatic N) is 3. The topological polar surface area (TPSA) is 116 Å². The Morgan fingerprint density at radius 3 is 2.83 bits per heavy atom. The van der Waals surface area contributed by atoms with E-state index in [4.69, 9.17) is 9.26 Å². The van der Waals surface area contributed by atoms with Gasteiger partial charge in [0.1, 0.15) is 12.3 Å². The standard InChI is InChI=1S/C18H17BrN4O5S2/c1-10-5-14(22-28-10)20-15(24)8-29-9-16(25)21-18-23(7-17(26)27-2)12-4-3-11(19)6-13(12)30-18/h3-6H,7-9H2,1-2H3,(H,20,22,24). The average molecular weight is 513 g/mol. The first-order chi connectivity index (χ1) is 14.4. The molecular formula is C18H17BrN4O5S2. The predicted octanol–water partition coefficient (Wildman–Crippen LogP) is 2.73. The van der Waals surface area contributed by atoms with Crippen LogP contribution in [0.2, 0.25) is 0 Å². The first-order valence-electron chi connectivity index (χ1n) is 8.60. The number of amides is 2. The van der Waals surface area contributed by atoms with E-state index in [1.54, 1.807) is 17.6 Å². The van der Waals surface area contributed by atoms with Gasteiger partial charge in [-0.15, -0.1) is 11.8 Å². The molecule has 2 aromatic heterocycles. The Hall–Kier alpha value is -2.44. The van der Waals surface area contributed by atoms with Crippen LogP contribution in [-0.4, -0.2) is 46.1 Å². The Morgan fingerprint density at radius 2 is 2.13 bits per heavy atom. The summed E-state index contributed by atoms with van der Waals surface area (Å²) >= 11 is 5.84. The van der Waals surface area contributed by atoms with Crippen molar-refractivity contribution < 1.29 is 23.6 Å². The molecule has 2 amide bonds. The maximum absolute atomic E-state index is 12.3. The van der Waals surface area contributed by atoms with Crippen LogP contribution in [0, 0.1) is 6.92 Å². The lowest BCUT2D eigenvalue weighted by molar-refractivity contribution is -0.141. The van der Waals surface area contributed by atoms with E-state index in [9.17, 15) is 14.4 Å². The van der Waals surface area contributed by atoms with Gasteiger partial charge < -0.3 is 19.1 Å². The number of carbonyl (C=O) groups excluding carboxylic acids is 3. The second-order valence-electron chi connectivity index (χ2n) is 6.03. The number of carbonyl (C=O) groups is 3. The van der Waals surface area contributed by atoms with Crippen LogP contribution in [0.1, 0.15) is 5.76 Å². The van der Waals surface area contributed by atoms with E-state index in [0.717, 1.165) is 26.5 Å². The van der Waals surface area contributed by atoms with Crippen molar-refractivity contribution in [2.45, 2.75) is 13.5 Å². The number of aryl methyl sites for hydroxylation is 1. The zero-order valence-corrected chi connectivity index (χ0v) is 19.2. The summed E-state index contributed by atoms with van der Waals surface area (Å²) in [4.78, 5) is 40.6. The molecule has 9 nitrogen and oxygen atoms in total. The molecule has 0 unspecified atom stereocenters. The number of thiazole rings is 1. The van der Waals surface area contributed by atoms with E-state index in [0.29, 0.717) is 16.4 Å². The highest BCUT2D eigenvalue weighted by Crippen LogP contribution is 2.22. The van der Waals surface area contributed by atoms with Gasteiger partial charge in [0, 0.05) is 10.5 Å². The van der Waals surface area contributed by atoms with Crippen LogP contribution in [0.4, 0.5) is 5.82 Å². The fourth-order valence-corrected chi connectivity index (χ4v) is 4.65. The first kappa shape index (κ1) is 22.2. The molecule has 0 saturated carbocycles. The lowest BCUT2D eigenvalue weighted by Gasteiger charge is -2.03. The quantitative estimate of drug-likeness (QED) is 0.483. The molecule has 0 fully saturated rings. The number of aromatic nitrogens is 2. The Balaban J connectivity index is 1.68. The van der Waals surface area contributed by atoms with Crippen LogP contribution in [0.3, 0.4) is 0 Å². The number of fused-ring (bicyclic) bond motifs is 1. The highest BCUT2D eigenvalue weighted by Gasteiger charge is 2.13. The number of halogens is 1. The molecule has 1 aromatic carbocycles. The van der Waals surface area contributed by atoms with Gasteiger partial charge in [0.2, 0.25) is 5.91 Å². The van der Waals surface area contributed by atoms with Gasteiger partial charge in [-0.3, -0.25) is 14.4 Å². The average Bonchev–Trinajstić information content (AvgIpc) is 3.24. The van der Waals surface area contributed by atoms with Crippen LogP contribution in [0.25, 0.3) is 10.2 Å². The van der Waals surface area contributed by atoms with Crippen molar-refractivity contribution in [1.82, 2.24) is 9.72 Å². The van der Waals surface area contributed by atoms with Crippen molar-refractivity contribution in [2.24, 2.45) is 4.99 Å². The van der Waals surface area contributed by atoms with E-state index in [-0.39, 0.29) is 24.0 Å². The van der Waals surface area contributed by atoms with Gasteiger partial charge in [0.05, 0.1) is 28.8 Å². The highest BCUT2D eigenvalue weighted by molar-refractivity contribution is 9.10. The van der Waals surface area contributed by atoms with Crippen molar-refractivity contribution in [3.05, 3.63) is 39.3 Å². The molecule has 2 heterocycles. The number of thioether (sulfide) groups is 1. The molecule has 0 saturated heterocycles. The number of ether oxygens (including phenoxy) is 1. The zero-order chi connectivity index (χ0) is 21.7. The van der Waals surface area contributed by atoms with E-state index in [2.05, 4.69) is 31.4 Å². The lowest BCUT2D eigenvalue weighted by atomic mass is 10.3. The lowest BCUT2D eigenvalue weighted by Crippen LogP contribution is -2.23. The summed E-state index contributed by atoms with van der Waals surface area (Å²) in [5.41, 5.74) is 0.773. The normalized spacial score (nSPS) is 11.6. The third-order valence-electron chi connectivity index (χ3n) is 3.73. The molecular weight excluding hydrogens is 496 g/mol. The number of rotatable bonds is 7. The zero-order valence-electron chi connectivity index (χ0n) is 16.0. The van der Waals surface area contributed by atoms with E-state index in [1.807, 2.05) is 18.2 Å². The van der Waals surface area contributed by atoms with Gasteiger partial charge in [-0.1, -0.05) is 32.4 Å². The molecule has 0 aliphatic rings. The van der Waals surface area contributed by atoms with Crippen molar-refractivity contribution in [1.29, 1.82) is 0 Å². The van der Waals surface area contributed by atoms with Gasteiger partial charge in [-0.05, 0) is 25.1 Å². The minimum atomic E-state index is -0.444. The summed E-state index contributed by atoms with van der Waals surface area (Å²) in [6.45, 7) is 1.66. The number of anilines is 1. The summed E-state index contributed by atoms with van der Waals surface area (Å²) in [5.74, 6) is -0.156. The molecule has 0 atom stereocenters. The fourth-order valence-electron chi connectivity index (χ4n) is 2.45. The summed E-state index contributed by atoms with van der Waals surface area (Å²) in [5, 5.41) is 6.26. The van der Waals surface area contributed by atoms with Crippen LogP contribution >= 0.6 is 39.0 Å². The van der Waals surface area contributed by atoms with Crippen molar-refractivity contribution in [3.63, 3.8) is 0 Å². The van der Waals surface area contributed by atoms with Crippen LogP contribution < -0.4 is 10.1 Å². The molecule has 30 heavy (non-hydrogen) atoms. The predicted molar refractivity (Wildman–Crippen MR) is 117 cm³/mol. The summed E-state index contributed by atoms with van der Waals surface area (Å²) in [6.07, 6.45) is 0. The number of nitrogens with one attached hydrogen (secondary N) is 1. The van der Waals surface area contributed by atoms with Gasteiger partial charge in [0.15, 0.2) is 10.6 Å². The Morgan fingerprint density at radius 1 is 1.33 bits per heavy atom. The van der Waals surface area contributed by atoms with Crippen molar-refractivity contribution in [2.75, 3.05) is 23.9 Å². The number of hydrogen-bond donors (Lipinski definition) is 1. The second kappa shape index (κ2) is 10.0. The van der Waals surface area contributed by atoms with E-state index >= 15 is 0 Å². The van der Waals surface area contributed by atoms with Gasteiger partial charge in [-0.2, -0.15) is 4.99 Å². The monoisotopic (exact) mass is 512 g/mol. The Bertz CT molecular complexity index is 1170. The largest absolute Gasteiger partial charge is 0.468 e. The van der Waals surface area contributed by atoms with Crippen LogP contribution in [0.15, 0.2) is 38.3 Å². The summed E-state index contributed by atoms with van der Waals surface area (Å²) in [7, 11) is 1.30. The van der Waals surface area contributed by atoms with Gasteiger partial charge in [-0.25, -0.2) is 0 Å². The van der Waals surface area contributed by atoms with Crippen LogP contribution in [0.5, 0.6) is 0 Å². The third kappa shape index (κ3) is 5.80. The van der Waals surface area contributed by atoms with Gasteiger partial charge >= 0.3 is 5.97 Å². The first-order valence-corrected chi connectivity index (χ1v) is 11.4. The van der Waals surface area contributed by atoms with Crippen molar-refractivity contribution >= 4 is 72.8 Å². The summed E-state index contributed by atoms with van der Waals surface area (Å²) < 4.78 is 13.0. The minimum Gasteiger partial charge on any atom is -0.468 e. The number of esters is 1. The second-order valence-corrected chi connectivity index (χ2v) is 8.94. The third-order valence-corrected chi connectivity index (χ3v) is 6.19. The maximum atomic E-state index is 12.3. The maximum Gasteiger partial charge on any atom is 0.325 e. The van der Waals surface area contributed by atoms with Crippen molar-refractivity contribution in [3.8, 4) is 0 Å². The molecule has 12 heteroatoms. The molecule has 0 spiro atoms. The molecule has 3 rings (SSSR count). The minimum absolute atomic E-state index is 0.0153. The molecule has 158 valence electrons. The number of benzene rings is 1. The van der Waals surface area contributed by atoms with E-state index < -0.39 is 11.9 Å². The summed E-state index contributed by atoms with van der Waals surface area (Å²) in [6, 6.07) is 7.18. The number of methoxy groups -OCH3 is 1. The molecule has 1 N–H and O–H groups in total. The fraction of sp³-hybridized carbons (Fsp3) is 0.278. The molecule has 0 bridgehead atoms.